The van der Waals surface area contributed by atoms with Gasteiger partial charge in [0.05, 0.1) is 10.7 Å². The monoisotopic (exact) mass is 256 g/mol. The molecule has 0 amide bonds. The number of hydrogen-bond donors (Lipinski definition) is 1. The van der Waals surface area contributed by atoms with Crippen LogP contribution in [0.2, 0.25) is 5.02 Å². The first kappa shape index (κ1) is 16.3. The average Bonchev–Trinajstić information content (AvgIpc) is 1.96. The van der Waals surface area contributed by atoms with Crippen molar-refractivity contribution in [2.45, 2.75) is 6.54 Å². The van der Waals surface area contributed by atoms with Crippen LogP contribution in [0, 0.1) is 0 Å². The Kier molecular flexibility index (Phi) is 8.36. The summed E-state index contributed by atoms with van der Waals surface area (Å²) in [6.45, 7) is 0.890. The van der Waals surface area contributed by atoms with Gasteiger partial charge in [-0.1, -0.05) is 17.7 Å². The third kappa shape index (κ3) is 4.91. The van der Waals surface area contributed by atoms with Crippen LogP contribution in [0.3, 0.4) is 0 Å². The summed E-state index contributed by atoms with van der Waals surface area (Å²) in [4.78, 5) is 2.09. The summed E-state index contributed by atoms with van der Waals surface area (Å²) >= 11 is 5.78. The van der Waals surface area contributed by atoms with Gasteiger partial charge in [0.25, 0.3) is 0 Å². The minimum atomic E-state index is 0. The van der Waals surface area contributed by atoms with E-state index in [0.717, 1.165) is 6.54 Å². The first-order valence-corrected chi connectivity index (χ1v) is 4.16. The maximum atomic E-state index is 5.78. The molecule has 82 valence electrons. The second-order valence-electron chi connectivity index (χ2n) is 3.09. The summed E-state index contributed by atoms with van der Waals surface area (Å²) in [5.41, 5.74) is 7.48. The molecule has 0 heterocycles. The van der Waals surface area contributed by atoms with E-state index in [4.69, 9.17) is 17.3 Å². The van der Waals surface area contributed by atoms with Crippen LogP contribution in [0.1, 0.15) is 5.56 Å². The van der Waals surface area contributed by atoms with Gasteiger partial charge < -0.3 is 10.6 Å². The van der Waals surface area contributed by atoms with E-state index in [2.05, 4.69) is 4.90 Å². The molecular weight excluding hydrogens is 242 g/mol. The van der Waals surface area contributed by atoms with Crippen LogP contribution in [0.4, 0.5) is 5.69 Å². The Balaban J connectivity index is 0. The fourth-order valence-electron chi connectivity index (χ4n) is 1.06. The second-order valence-corrected chi connectivity index (χ2v) is 3.50. The van der Waals surface area contributed by atoms with Crippen LogP contribution in [0.25, 0.3) is 0 Å². The van der Waals surface area contributed by atoms with Crippen molar-refractivity contribution in [2.75, 3.05) is 19.8 Å². The zero-order valence-electron chi connectivity index (χ0n) is 8.16. The van der Waals surface area contributed by atoms with E-state index in [0.29, 0.717) is 10.7 Å². The van der Waals surface area contributed by atoms with Gasteiger partial charge in [-0.25, -0.2) is 0 Å². The van der Waals surface area contributed by atoms with Crippen LogP contribution in [0.15, 0.2) is 18.2 Å². The summed E-state index contributed by atoms with van der Waals surface area (Å²) < 4.78 is 0. The largest absolute Gasteiger partial charge is 0.398 e. The van der Waals surface area contributed by atoms with E-state index < -0.39 is 0 Å². The molecule has 1 aromatic carbocycles. The normalized spacial score (nSPS) is 9.14. The van der Waals surface area contributed by atoms with Crippen molar-refractivity contribution in [3.8, 4) is 0 Å². The van der Waals surface area contributed by atoms with E-state index >= 15 is 0 Å². The lowest BCUT2D eigenvalue weighted by Crippen LogP contribution is -2.10. The Morgan fingerprint density at radius 1 is 1.29 bits per heavy atom. The number of nitrogens with two attached hydrogens (primary N) is 1. The van der Waals surface area contributed by atoms with Crippen molar-refractivity contribution >= 4 is 42.1 Å². The molecule has 2 nitrogen and oxygen atoms in total. The predicted molar refractivity (Wildman–Crippen MR) is 67.8 cm³/mol. The average molecular weight is 258 g/mol. The summed E-state index contributed by atoms with van der Waals surface area (Å²) in [7, 11) is 4.04. The molecule has 0 aromatic heterocycles. The highest BCUT2D eigenvalue weighted by Gasteiger charge is 1.98. The van der Waals surface area contributed by atoms with Gasteiger partial charge in [-0.3, -0.25) is 0 Å². The van der Waals surface area contributed by atoms with Gasteiger partial charge in [-0.15, -0.1) is 24.8 Å². The molecule has 0 bridgehead atoms. The highest BCUT2D eigenvalue weighted by Crippen LogP contribution is 2.19. The number of nitrogens with zero attached hydrogens (tertiary/aromatic N) is 1. The van der Waals surface area contributed by atoms with Gasteiger partial charge in [-0.05, 0) is 31.8 Å². The molecule has 0 unspecified atom stereocenters. The van der Waals surface area contributed by atoms with Crippen molar-refractivity contribution in [2.24, 2.45) is 0 Å². The Labute approximate surface area is 102 Å². The molecule has 0 saturated carbocycles. The number of rotatable bonds is 2. The highest BCUT2D eigenvalue weighted by molar-refractivity contribution is 6.33. The minimum Gasteiger partial charge on any atom is -0.398 e. The lowest BCUT2D eigenvalue weighted by atomic mass is 10.2. The topological polar surface area (TPSA) is 29.3 Å². The third-order valence-electron chi connectivity index (χ3n) is 1.56. The number of benzene rings is 1. The first-order chi connectivity index (χ1) is 5.59. The van der Waals surface area contributed by atoms with Crippen LogP contribution < -0.4 is 5.73 Å². The molecule has 0 radical (unpaired) electrons. The Morgan fingerprint density at radius 3 is 2.29 bits per heavy atom. The molecule has 2 N–H and O–H groups in total. The summed E-state index contributed by atoms with van der Waals surface area (Å²) in [6, 6.07) is 5.72. The Hall–Kier alpha value is -0.150. The minimum absolute atomic E-state index is 0. The van der Waals surface area contributed by atoms with Crippen LogP contribution in [0.5, 0.6) is 0 Å². The molecule has 0 fully saturated rings. The molecule has 0 aliphatic rings. The number of anilines is 1. The van der Waals surface area contributed by atoms with Crippen LogP contribution >= 0.6 is 36.4 Å². The van der Waals surface area contributed by atoms with Crippen molar-refractivity contribution in [1.82, 2.24) is 4.90 Å². The van der Waals surface area contributed by atoms with Gasteiger partial charge in [0.15, 0.2) is 0 Å². The molecule has 5 heteroatoms. The van der Waals surface area contributed by atoms with Crippen molar-refractivity contribution in [3.63, 3.8) is 0 Å². The van der Waals surface area contributed by atoms with Crippen LogP contribution in [-0.2, 0) is 6.54 Å². The Morgan fingerprint density at radius 2 is 1.86 bits per heavy atom. The van der Waals surface area contributed by atoms with Crippen molar-refractivity contribution in [3.05, 3.63) is 28.8 Å². The van der Waals surface area contributed by atoms with Crippen molar-refractivity contribution in [1.29, 1.82) is 0 Å². The van der Waals surface area contributed by atoms with Gasteiger partial charge in [0.2, 0.25) is 0 Å². The Bertz CT molecular complexity index is 277. The standard InChI is InChI=1S/C9H13ClN2.2ClH/c1-12(2)6-7-3-4-8(10)9(11)5-7;;/h3-5H,6,11H2,1-2H3;2*1H. The molecule has 1 rings (SSSR count). The zero-order chi connectivity index (χ0) is 9.14. The second kappa shape index (κ2) is 7.18. The maximum Gasteiger partial charge on any atom is 0.0635 e. The lowest BCUT2D eigenvalue weighted by molar-refractivity contribution is 0.402. The quantitative estimate of drug-likeness (QED) is 0.826. The molecule has 0 spiro atoms. The molecule has 0 aliphatic carbocycles. The van der Waals surface area contributed by atoms with Crippen LogP contribution in [-0.4, -0.2) is 19.0 Å². The fraction of sp³-hybridized carbons (Fsp3) is 0.333. The van der Waals surface area contributed by atoms with E-state index in [9.17, 15) is 0 Å². The molecule has 14 heavy (non-hydrogen) atoms. The fourth-order valence-corrected chi connectivity index (χ4v) is 1.17. The maximum absolute atomic E-state index is 5.78. The summed E-state index contributed by atoms with van der Waals surface area (Å²) in [5, 5.41) is 0.623. The lowest BCUT2D eigenvalue weighted by Gasteiger charge is -2.10. The number of hydrogen-bond acceptors (Lipinski definition) is 2. The van der Waals surface area contributed by atoms with Crippen molar-refractivity contribution < 1.29 is 0 Å². The van der Waals surface area contributed by atoms with E-state index in [1.807, 2.05) is 32.3 Å². The van der Waals surface area contributed by atoms with E-state index in [1.165, 1.54) is 5.56 Å². The van der Waals surface area contributed by atoms with Gasteiger partial charge in [0, 0.05) is 6.54 Å². The molecule has 0 aliphatic heterocycles. The molecule has 0 atom stereocenters. The summed E-state index contributed by atoms with van der Waals surface area (Å²) in [6.07, 6.45) is 0. The van der Waals surface area contributed by atoms with Gasteiger partial charge >= 0.3 is 0 Å². The zero-order valence-corrected chi connectivity index (χ0v) is 10.5. The van der Waals surface area contributed by atoms with E-state index in [1.54, 1.807) is 0 Å². The summed E-state index contributed by atoms with van der Waals surface area (Å²) in [5.74, 6) is 0. The first-order valence-electron chi connectivity index (χ1n) is 3.78. The molecule has 1 aromatic rings. The molecular formula is C9H15Cl3N2. The smallest absolute Gasteiger partial charge is 0.0635 e. The van der Waals surface area contributed by atoms with E-state index in [-0.39, 0.29) is 24.8 Å². The predicted octanol–water partition coefficient (Wildman–Crippen LogP) is 2.83. The molecule has 0 saturated heterocycles. The highest BCUT2D eigenvalue weighted by atomic mass is 35.5. The third-order valence-corrected chi connectivity index (χ3v) is 1.90. The van der Waals surface area contributed by atoms with Gasteiger partial charge in [-0.2, -0.15) is 0 Å². The number of halogens is 3. The SMILES string of the molecule is CN(C)Cc1ccc(Cl)c(N)c1.Cl.Cl. The van der Waals surface area contributed by atoms with Gasteiger partial charge in [0.1, 0.15) is 0 Å². The number of nitrogen functional groups attached to an aromatic ring is 1.